The van der Waals surface area contributed by atoms with E-state index in [1.165, 1.54) is 20.1 Å². The molecule has 0 aliphatic rings. The Hall–Kier alpha value is -3.41. The van der Waals surface area contributed by atoms with E-state index in [0.717, 1.165) is 5.56 Å². The van der Waals surface area contributed by atoms with Crippen LogP contribution < -0.4 is 5.32 Å². The van der Waals surface area contributed by atoms with Crippen molar-refractivity contribution in [3.05, 3.63) is 77.4 Å². The summed E-state index contributed by atoms with van der Waals surface area (Å²) >= 11 is 0. The van der Waals surface area contributed by atoms with Gasteiger partial charge in [-0.2, -0.15) is 0 Å². The molecule has 2 aromatic carbocycles. The van der Waals surface area contributed by atoms with Crippen molar-refractivity contribution in [1.82, 2.24) is 5.32 Å². The normalized spacial score (nSPS) is 12.8. The largest absolute Gasteiger partial charge is 0.465 e. The summed E-state index contributed by atoms with van der Waals surface area (Å²) in [4.78, 5) is 35.5. The highest BCUT2D eigenvalue weighted by atomic mass is 16.5. The minimum absolute atomic E-state index is 0.149. The fourth-order valence-corrected chi connectivity index (χ4v) is 2.58. The Kier molecular flexibility index (Phi) is 8.15. The lowest BCUT2D eigenvalue weighted by atomic mass is 10.0. The molecule has 0 saturated carbocycles. The smallest absolute Gasteiger partial charge is 0.337 e. The van der Waals surface area contributed by atoms with Gasteiger partial charge in [0.1, 0.15) is 0 Å². The highest BCUT2D eigenvalue weighted by molar-refractivity contribution is 5.91. The number of methoxy groups -OCH3 is 1. The quantitative estimate of drug-likeness (QED) is 0.548. The number of rotatable bonds is 8. The lowest BCUT2D eigenvalue weighted by Gasteiger charge is -2.16. The Labute approximate surface area is 170 Å². The van der Waals surface area contributed by atoms with Gasteiger partial charge < -0.3 is 14.8 Å². The first-order chi connectivity index (χ1) is 13.9. The topological polar surface area (TPSA) is 81.7 Å². The van der Waals surface area contributed by atoms with E-state index in [1.807, 2.05) is 37.3 Å². The van der Waals surface area contributed by atoms with Crippen molar-refractivity contribution < 1.29 is 23.9 Å². The van der Waals surface area contributed by atoms with Crippen molar-refractivity contribution in [1.29, 1.82) is 0 Å². The highest BCUT2D eigenvalue weighted by Gasteiger charge is 2.17. The van der Waals surface area contributed by atoms with Crippen molar-refractivity contribution in [2.45, 2.75) is 25.9 Å². The fourth-order valence-electron chi connectivity index (χ4n) is 2.58. The van der Waals surface area contributed by atoms with Crippen molar-refractivity contribution >= 4 is 23.9 Å². The van der Waals surface area contributed by atoms with Crippen LogP contribution in [0.1, 0.15) is 41.3 Å². The number of nitrogens with one attached hydrogen (secondary N) is 1. The van der Waals surface area contributed by atoms with Gasteiger partial charge in [-0.25, -0.2) is 9.59 Å². The van der Waals surface area contributed by atoms with Crippen LogP contribution in [0.15, 0.2) is 60.7 Å². The van der Waals surface area contributed by atoms with E-state index >= 15 is 0 Å². The van der Waals surface area contributed by atoms with Gasteiger partial charge >= 0.3 is 11.9 Å². The summed E-state index contributed by atoms with van der Waals surface area (Å²) in [6, 6.07) is 16.4. The molecule has 0 bridgehead atoms. The van der Waals surface area contributed by atoms with Crippen LogP contribution in [0.25, 0.3) is 6.08 Å². The molecule has 2 unspecified atom stereocenters. The Morgan fingerprint density at radius 3 is 2.28 bits per heavy atom. The summed E-state index contributed by atoms with van der Waals surface area (Å²) in [5, 5.41) is 2.80. The molecule has 0 fully saturated rings. The number of esters is 2. The first-order valence-corrected chi connectivity index (χ1v) is 9.30. The van der Waals surface area contributed by atoms with Crippen LogP contribution in [0.2, 0.25) is 0 Å². The van der Waals surface area contributed by atoms with Gasteiger partial charge in [0.25, 0.3) is 5.91 Å². The van der Waals surface area contributed by atoms with Crippen LogP contribution in [0, 0.1) is 0 Å². The minimum atomic E-state index is -0.906. The molecule has 6 heteroatoms. The van der Waals surface area contributed by atoms with E-state index in [2.05, 4.69) is 10.1 Å². The summed E-state index contributed by atoms with van der Waals surface area (Å²) in [7, 11) is 1.31. The van der Waals surface area contributed by atoms with E-state index in [9.17, 15) is 14.4 Å². The van der Waals surface area contributed by atoms with Gasteiger partial charge in [0.05, 0.1) is 12.7 Å². The van der Waals surface area contributed by atoms with Gasteiger partial charge in [0, 0.05) is 12.6 Å². The number of carbonyl (C=O) groups is 3. The molecule has 1 amide bonds. The Balaban J connectivity index is 1.80. The maximum absolute atomic E-state index is 12.2. The van der Waals surface area contributed by atoms with Crippen LogP contribution in [0.3, 0.4) is 0 Å². The van der Waals surface area contributed by atoms with Crippen LogP contribution in [-0.2, 0) is 19.1 Å². The summed E-state index contributed by atoms with van der Waals surface area (Å²) in [5.74, 6) is -1.25. The van der Waals surface area contributed by atoms with E-state index in [0.29, 0.717) is 17.7 Å². The molecule has 152 valence electrons. The number of carbonyl (C=O) groups excluding carboxylic acids is 3. The first kappa shape index (κ1) is 21.9. The number of hydrogen-bond donors (Lipinski definition) is 1. The lowest BCUT2D eigenvalue weighted by molar-refractivity contribution is -0.150. The van der Waals surface area contributed by atoms with Gasteiger partial charge in [-0.05, 0) is 42.2 Å². The predicted octanol–water partition coefficient (Wildman–Crippen LogP) is 3.34. The van der Waals surface area contributed by atoms with E-state index in [4.69, 9.17) is 4.74 Å². The maximum atomic E-state index is 12.2. The van der Waals surface area contributed by atoms with Crippen LogP contribution in [-0.4, -0.2) is 37.6 Å². The third-order valence-corrected chi connectivity index (χ3v) is 4.36. The van der Waals surface area contributed by atoms with Crippen molar-refractivity contribution in [2.75, 3.05) is 13.7 Å². The Morgan fingerprint density at radius 2 is 1.66 bits per heavy atom. The van der Waals surface area contributed by atoms with Crippen LogP contribution >= 0.6 is 0 Å². The molecule has 2 aromatic rings. The molecule has 1 N–H and O–H groups in total. The molecule has 0 aliphatic heterocycles. The fraction of sp³-hybridized carbons (Fsp3) is 0.261. The van der Waals surface area contributed by atoms with Gasteiger partial charge in [-0.1, -0.05) is 49.4 Å². The van der Waals surface area contributed by atoms with E-state index in [-0.39, 0.29) is 11.8 Å². The van der Waals surface area contributed by atoms with E-state index in [1.54, 1.807) is 30.3 Å². The van der Waals surface area contributed by atoms with Crippen LogP contribution in [0.4, 0.5) is 0 Å². The Morgan fingerprint density at radius 1 is 1.00 bits per heavy atom. The molecular formula is C23H25NO5. The third kappa shape index (κ3) is 6.92. The molecule has 0 aromatic heterocycles. The third-order valence-electron chi connectivity index (χ3n) is 4.36. The summed E-state index contributed by atoms with van der Waals surface area (Å²) in [6.07, 6.45) is 1.88. The summed E-state index contributed by atoms with van der Waals surface area (Å²) in [6.45, 7) is 3.99. The molecular weight excluding hydrogens is 370 g/mol. The molecule has 0 spiro atoms. The molecule has 0 aliphatic carbocycles. The average molecular weight is 395 g/mol. The zero-order valence-corrected chi connectivity index (χ0v) is 16.8. The molecule has 6 nitrogen and oxygen atoms in total. The predicted molar refractivity (Wildman–Crippen MR) is 110 cm³/mol. The zero-order chi connectivity index (χ0) is 21.2. The average Bonchev–Trinajstić information content (AvgIpc) is 2.76. The number of ether oxygens (including phenoxy) is 2. The number of amides is 1. The lowest BCUT2D eigenvalue weighted by Crippen LogP contribution is -2.37. The minimum Gasteiger partial charge on any atom is -0.465 e. The zero-order valence-electron chi connectivity index (χ0n) is 16.8. The van der Waals surface area contributed by atoms with Gasteiger partial charge in [0.15, 0.2) is 6.10 Å². The van der Waals surface area contributed by atoms with Gasteiger partial charge in [0.2, 0.25) is 0 Å². The number of hydrogen-bond acceptors (Lipinski definition) is 5. The molecule has 0 heterocycles. The van der Waals surface area contributed by atoms with E-state index < -0.39 is 18.0 Å². The molecule has 0 radical (unpaired) electrons. The Bertz CT molecular complexity index is 859. The van der Waals surface area contributed by atoms with Crippen molar-refractivity contribution in [3.8, 4) is 0 Å². The van der Waals surface area contributed by atoms with Gasteiger partial charge in [-0.15, -0.1) is 0 Å². The highest BCUT2D eigenvalue weighted by Crippen LogP contribution is 2.13. The summed E-state index contributed by atoms with van der Waals surface area (Å²) in [5.41, 5.74) is 2.25. The maximum Gasteiger partial charge on any atom is 0.337 e. The molecule has 0 saturated heterocycles. The standard InChI is InChI=1S/C23H25NO5/c1-16(19-7-5-4-6-8-19)15-24-22(26)17(2)29-21(25)14-11-18-9-12-20(13-10-18)23(27)28-3/h4-14,16-17H,15H2,1-3H3,(H,24,26)/b14-11+. The first-order valence-electron chi connectivity index (χ1n) is 9.30. The monoisotopic (exact) mass is 395 g/mol. The van der Waals surface area contributed by atoms with Crippen molar-refractivity contribution in [2.24, 2.45) is 0 Å². The molecule has 29 heavy (non-hydrogen) atoms. The second-order valence-corrected chi connectivity index (χ2v) is 6.58. The SMILES string of the molecule is COC(=O)c1ccc(/C=C/C(=O)OC(C)C(=O)NCC(C)c2ccccc2)cc1. The number of benzene rings is 2. The second-order valence-electron chi connectivity index (χ2n) is 6.58. The van der Waals surface area contributed by atoms with Gasteiger partial charge in [-0.3, -0.25) is 4.79 Å². The molecule has 2 rings (SSSR count). The van der Waals surface area contributed by atoms with Crippen molar-refractivity contribution in [3.63, 3.8) is 0 Å². The van der Waals surface area contributed by atoms with Crippen LogP contribution in [0.5, 0.6) is 0 Å². The second kappa shape index (κ2) is 10.8. The summed E-state index contributed by atoms with van der Waals surface area (Å²) < 4.78 is 9.77. The molecule has 2 atom stereocenters.